The fourth-order valence-corrected chi connectivity index (χ4v) is 6.20. The molecule has 1 saturated heterocycles. The minimum absolute atomic E-state index is 0.0647. The van der Waals surface area contributed by atoms with Gasteiger partial charge >= 0.3 is 0 Å². The number of aromatic amines is 1. The SMILES string of the molecule is C[C@@H]1Cc2c([nH]c3ccccc23)[C@@H](c2ccc(OC3CN(CCCF)C3)s2)N1CC(F)(F)CO. The van der Waals surface area contributed by atoms with Crippen molar-refractivity contribution in [2.45, 2.75) is 43.9 Å². The summed E-state index contributed by atoms with van der Waals surface area (Å²) in [7, 11) is 0. The van der Waals surface area contributed by atoms with Gasteiger partial charge in [0.1, 0.15) is 12.7 Å². The number of halogens is 3. The zero-order chi connectivity index (χ0) is 23.9. The van der Waals surface area contributed by atoms with Crippen LogP contribution in [0.25, 0.3) is 10.9 Å². The minimum Gasteiger partial charge on any atom is -0.478 e. The maximum Gasteiger partial charge on any atom is 0.283 e. The summed E-state index contributed by atoms with van der Waals surface area (Å²) in [6, 6.07) is 11.4. The van der Waals surface area contributed by atoms with Crippen molar-refractivity contribution >= 4 is 22.2 Å². The Morgan fingerprint density at radius 2 is 2.00 bits per heavy atom. The second kappa shape index (κ2) is 9.53. The molecule has 2 N–H and O–H groups in total. The Morgan fingerprint density at radius 3 is 2.76 bits per heavy atom. The summed E-state index contributed by atoms with van der Waals surface area (Å²) in [5.74, 6) is -3.19. The fourth-order valence-electron chi connectivity index (χ4n) is 5.15. The van der Waals surface area contributed by atoms with Gasteiger partial charge in [-0.3, -0.25) is 14.2 Å². The Bertz CT molecular complexity index is 1130. The molecule has 0 bridgehead atoms. The Balaban J connectivity index is 1.43. The maximum atomic E-state index is 14.4. The van der Waals surface area contributed by atoms with Crippen molar-refractivity contribution in [1.82, 2.24) is 14.8 Å². The van der Waals surface area contributed by atoms with Gasteiger partial charge in [0.05, 0.1) is 19.3 Å². The topological polar surface area (TPSA) is 51.7 Å². The molecule has 5 rings (SSSR count). The summed E-state index contributed by atoms with van der Waals surface area (Å²) in [6.07, 6.45) is 1.26. The van der Waals surface area contributed by atoms with Crippen molar-refractivity contribution < 1.29 is 23.0 Å². The summed E-state index contributed by atoms with van der Waals surface area (Å²) in [6.45, 7) is 2.24. The van der Waals surface area contributed by atoms with E-state index in [0.717, 1.165) is 51.7 Å². The average Bonchev–Trinajstić information content (AvgIpc) is 3.40. The number of nitrogens with one attached hydrogen (secondary N) is 1. The molecule has 184 valence electrons. The molecule has 0 aliphatic carbocycles. The molecular weight excluding hydrogens is 463 g/mol. The number of rotatable bonds is 9. The van der Waals surface area contributed by atoms with E-state index in [1.54, 1.807) is 4.90 Å². The first kappa shape index (κ1) is 23.7. The molecule has 5 nitrogen and oxygen atoms in total. The molecule has 0 saturated carbocycles. The summed E-state index contributed by atoms with van der Waals surface area (Å²) in [5.41, 5.74) is 3.09. The average molecular weight is 494 g/mol. The van der Waals surface area contributed by atoms with Gasteiger partial charge in [0.15, 0.2) is 5.06 Å². The number of aliphatic hydroxyl groups is 1. The Kier molecular flexibility index (Phi) is 6.63. The minimum atomic E-state index is -3.19. The number of alkyl halides is 3. The van der Waals surface area contributed by atoms with Crippen LogP contribution in [0.15, 0.2) is 36.4 Å². The molecule has 4 heterocycles. The molecule has 0 unspecified atom stereocenters. The molecule has 2 atom stereocenters. The molecule has 34 heavy (non-hydrogen) atoms. The van der Waals surface area contributed by atoms with Crippen LogP contribution < -0.4 is 4.74 Å². The van der Waals surface area contributed by atoms with Gasteiger partial charge in [0, 0.05) is 47.2 Å². The van der Waals surface area contributed by atoms with Gasteiger partial charge in [-0.1, -0.05) is 18.2 Å². The Morgan fingerprint density at radius 1 is 1.21 bits per heavy atom. The molecule has 0 spiro atoms. The van der Waals surface area contributed by atoms with Gasteiger partial charge in [0.2, 0.25) is 0 Å². The molecule has 2 aromatic heterocycles. The molecule has 2 aliphatic rings. The number of likely N-dealkylation sites (tertiary alicyclic amines) is 1. The van der Waals surface area contributed by atoms with Gasteiger partial charge < -0.3 is 14.8 Å². The van der Waals surface area contributed by atoms with Crippen LogP contribution >= 0.6 is 11.3 Å². The molecule has 2 aliphatic heterocycles. The number of H-pyrrole nitrogens is 1. The fraction of sp³-hybridized carbons (Fsp3) is 0.520. The third-order valence-corrected chi connectivity index (χ3v) is 7.88. The lowest BCUT2D eigenvalue weighted by molar-refractivity contribution is -0.0862. The number of benzene rings is 1. The number of nitrogens with zero attached hydrogens (tertiary/aromatic N) is 2. The highest BCUT2D eigenvalue weighted by atomic mass is 32.1. The molecule has 9 heteroatoms. The van der Waals surface area contributed by atoms with Crippen molar-refractivity contribution in [2.75, 3.05) is 39.5 Å². The Hall–Kier alpha value is -2.07. The van der Waals surface area contributed by atoms with Crippen molar-refractivity contribution in [3.63, 3.8) is 0 Å². The van der Waals surface area contributed by atoms with Crippen LogP contribution in [0, 0.1) is 0 Å². The predicted octanol–water partition coefficient (Wildman–Crippen LogP) is 4.62. The standard InChI is InChI=1S/C25H30F3N3O2S/c1-16-11-19-18-5-2-3-6-20(18)29-23(19)24(31(16)14-25(27,28)15-32)21-7-8-22(34-21)33-17-12-30(13-17)10-4-9-26/h2-3,5-8,16-17,24,29,32H,4,9-15H2,1H3/t16-,24-/m1/s1. The van der Waals surface area contributed by atoms with E-state index in [0.29, 0.717) is 12.8 Å². The maximum absolute atomic E-state index is 14.4. The first-order chi connectivity index (χ1) is 16.4. The van der Waals surface area contributed by atoms with Gasteiger partial charge in [-0.05, 0) is 43.5 Å². The molecule has 1 aromatic carbocycles. The van der Waals surface area contributed by atoms with E-state index in [1.165, 1.54) is 11.3 Å². The quantitative estimate of drug-likeness (QED) is 0.457. The van der Waals surface area contributed by atoms with E-state index in [2.05, 4.69) is 16.0 Å². The van der Waals surface area contributed by atoms with Crippen LogP contribution in [0.3, 0.4) is 0 Å². The molecule has 0 amide bonds. The van der Waals surface area contributed by atoms with Crippen LogP contribution in [-0.2, 0) is 6.42 Å². The van der Waals surface area contributed by atoms with E-state index in [-0.39, 0.29) is 24.9 Å². The zero-order valence-corrected chi connectivity index (χ0v) is 20.0. The van der Waals surface area contributed by atoms with Crippen molar-refractivity contribution in [1.29, 1.82) is 0 Å². The molecule has 3 aromatic rings. The summed E-state index contributed by atoms with van der Waals surface area (Å²) in [4.78, 5) is 8.38. The number of fused-ring (bicyclic) bond motifs is 3. The highest BCUT2D eigenvalue weighted by Gasteiger charge is 2.42. The van der Waals surface area contributed by atoms with E-state index < -0.39 is 19.1 Å². The summed E-state index contributed by atoms with van der Waals surface area (Å²) in [5, 5.41) is 11.1. The smallest absolute Gasteiger partial charge is 0.283 e. The van der Waals surface area contributed by atoms with E-state index in [4.69, 9.17) is 4.74 Å². The van der Waals surface area contributed by atoms with Crippen molar-refractivity contribution in [3.05, 3.63) is 52.5 Å². The molecule has 0 radical (unpaired) electrons. The lowest BCUT2D eigenvalue weighted by Gasteiger charge is -2.41. The van der Waals surface area contributed by atoms with E-state index in [9.17, 15) is 18.3 Å². The largest absolute Gasteiger partial charge is 0.478 e. The summed E-state index contributed by atoms with van der Waals surface area (Å²) >= 11 is 1.48. The van der Waals surface area contributed by atoms with Crippen LogP contribution in [0.2, 0.25) is 0 Å². The van der Waals surface area contributed by atoms with Gasteiger partial charge in [0.25, 0.3) is 5.92 Å². The number of para-hydroxylation sites is 1. The van der Waals surface area contributed by atoms with E-state index >= 15 is 0 Å². The third kappa shape index (κ3) is 4.58. The second-order valence-electron chi connectivity index (χ2n) is 9.40. The first-order valence-corrected chi connectivity index (χ1v) is 12.6. The number of hydrogen-bond acceptors (Lipinski definition) is 5. The van der Waals surface area contributed by atoms with Gasteiger partial charge in [-0.2, -0.15) is 0 Å². The monoisotopic (exact) mass is 493 g/mol. The third-order valence-electron chi connectivity index (χ3n) is 6.85. The lowest BCUT2D eigenvalue weighted by atomic mass is 9.91. The highest BCUT2D eigenvalue weighted by Crippen LogP contribution is 2.45. The molecule has 1 fully saturated rings. The van der Waals surface area contributed by atoms with Crippen LogP contribution in [0.1, 0.15) is 35.5 Å². The normalized spacial score (nSPS) is 22.1. The number of aliphatic hydroxyl groups excluding tert-OH is 1. The predicted molar refractivity (Wildman–Crippen MR) is 128 cm³/mol. The number of thiophene rings is 1. The summed E-state index contributed by atoms with van der Waals surface area (Å²) < 4.78 is 47.3. The van der Waals surface area contributed by atoms with E-state index in [1.807, 2.05) is 37.3 Å². The Labute approximate surface area is 201 Å². The van der Waals surface area contributed by atoms with Crippen LogP contribution in [-0.4, -0.2) is 77.4 Å². The second-order valence-corrected chi connectivity index (χ2v) is 10.5. The van der Waals surface area contributed by atoms with Crippen molar-refractivity contribution in [2.24, 2.45) is 0 Å². The number of aromatic nitrogens is 1. The van der Waals surface area contributed by atoms with Gasteiger partial charge in [-0.15, -0.1) is 11.3 Å². The zero-order valence-electron chi connectivity index (χ0n) is 19.1. The van der Waals surface area contributed by atoms with Gasteiger partial charge in [-0.25, -0.2) is 8.78 Å². The molecular formula is C25H30F3N3O2S. The highest BCUT2D eigenvalue weighted by molar-refractivity contribution is 7.13. The van der Waals surface area contributed by atoms with Crippen LogP contribution in [0.5, 0.6) is 5.06 Å². The van der Waals surface area contributed by atoms with Crippen molar-refractivity contribution in [3.8, 4) is 5.06 Å². The number of ether oxygens (including phenoxy) is 1. The number of hydrogen-bond donors (Lipinski definition) is 2. The lowest BCUT2D eigenvalue weighted by Crippen LogP contribution is -2.53. The van der Waals surface area contributed by atoms with Crippen LogP contribution in [0.4, 0.5) is 13.2 Å². The first-order valence-electron chi connectivity index (χ1n) is 11.8.